The maximum atomic E-state index is 6.51. The zero-order chi connectivity index (χ0) is 13.0. The second-order valence-electron chi connectivity index (χ2n) is 6.18. The van der Waals surface area contributed by atoms with Crippen molar-refractivity contribution >= 4 is 7.85 Å². The minimum atomic E-state index is -0.0708. The van der Waals surface area contributed by atoms with Crippen molar-refractivity contribution < 1.29 is 0 Å². The third-order valence-electron chi connectivity index (χ3n) is 4.76. The van der Waals surface area contributed by atoms with Gasteiger partial charge >= 0.3 is 0 Å². The normalized spacial score (nSPS) is 27.5. The molecule has 1 fully saturated rings. The quantitative estimate of drug-likeness (QED) is 0.702. The minimum absolute atomic E-state index is 0.0708. The zero-order valence-electron chi connectivity index (χ0n) is 11.2. The van der Waals surface area contributed by atoms with Crippen LogP contribution in [0.25, 0.3) is 11.3 Å². The highest BCUT2D eigenvalue weighted by Gasteiger charge is 2.46. The van der Waals surface area contributed by atoms with Crippen LogP contribution >= 0.6 is 0 Å². The van der Waals surface area contributed by atoms with Gasteiger partial charge in [0.15, 0.2) is 0 Å². The summed E-state index contributed by atoms with van der Waals surface area (Å²) in [5.41, 5.74) is 6.25. The smallest absolute Gasteiger partial charge is 0.0810 e. The van der Waals surface area contributed by atoms with E-state index in [2.05, 4.69) is 42.2 Å². The van der Waals surface area contributed by atoms with E-state index in [1.807, 2.05) is 6.20 Å². The van der Waals surface area contributed by atoms with Crippen LogP contribution < -0.4 is 0 Å². The molecule has 1 nitrogen and oxygen atoms in total. The van der Waals surface area contributed by atoms with E-state index < -0.39 is 0 Å². The highest BCUT2D eigenvalue weighted by molar-refractivity contribution is 6.17. The molecule has 2 bridgehead atoms. The topological polar surface area (TPSA) is 12.9 Å². The van der Waals surface area contributed by atoms with Crippen LogP contribution in [0.1, 0.15) is 29.5 Å². The average molecular weight is 245 g/mol. The second-order valence-corrected chi connectivity index (χ2v) is 6.18. The number of hydrogen-bond donors (Lipinski definition) is 0. The third kappa shape index (κ3) is 1.59. The highest BCUT2D eigenvalue weighted by Crippen LogP contribution is 2.52. The number of pyridine rings is 1. The fraction of sp³-hybridized carbons (Fsp3) is 0.353. The molecule has 2 heteroatoms. The summed E-state index contributed by atoms with van der Waals surface area (Å²) in [6, 6.07) is 10.6. The Labute approximate surface area is 115 Å². The molecular weight excluding hydrogens is 229 g/mol. The molecular formula is C17H16BN. The first kappa shape index (κ1) is 11.3. The van der Waals surface area contributed by atoms with E-state index in [1.165, 1.54) is 22.3 Å². The fourth-order valence-electron chi connectivity index (χ4n) is 3.76. The second kappa shape index (κ2) is 3.72. The van der Waals surface area contributed by atoms with E-state index in [0.29, 0.717) is 0 Å². The van der Waals surface area contributed by atoms with Crippen LogP contribution in [0.5, 0.6) is 0 Å². The monoisotopic (exact) mass is 245 g/mol. The Morgan fingerprint density at radius 1 is 1.26 bits per heavy atom. The number of aromatic nitrogens is 1. The molecule has 0 spiro atoms. The predicted octanol–water partition coefficient (Wildman–Crippen LogP) is 3.39. The molecule has 1 heterocycles. The van der Waals surface area contributed by atoms with Crippen LogP contribution in [0.15, 0.2) is 36.5 Å². The van der Waals surface area contributed by atoms with Gasteiger partial charge in [0.25, 0.3) is 0 Å². The van der Waals surface area contributed by atoms with Gasteiger partial charge in [-0.1, -0.05) is 24.3 Å². The number of aryl methyl sites for hydroxylation is 1. The van der Waals surface area contributed by atoms with Crippen molar-refractivity contribution in [3.63, 3.8) is 0 Å². The minimum Gasteiger partial charge on any atom is -0.256 e. The molecule has 1 aromatic carbocycles. The summed E-state index contributed by atoms with van der Waals surface area (Å²) < 4.78 is 0. The Bertz CT molecular complexity index is 656. The summed E-state index contributed by atoms with van der Waals surface area (Å²) in [6.07, 6.45) is 5.51. The lowest BCUT2D eigenvalue weighted by molar-refractivity contribution is 0.198. The van der Waals surface area contributed by atoms with E-state index in [9.17, 15) is 0 Å². The molecule has 3 aliphatic rings. The van der Waals surface area contributed by atoms with Crippen LogP contribution in [0.2, 0.25) is 0 Å². The Morgan fingerprint density at radius 3 is 2.84 bits per heavy atom. The van der Waals surface area contributed by atoms with Gasteiger partial charge < -0.3 is 0 Å². The highest BCUT2D eigenvalue weighted by atomic mass is 14.7. The van der Waals surface area contributed by atoms with Crippen molar-refractivity contribution in [1.29, 1.82) is 0 Å². The summed E-state index contributed by atoms with van der Waals surface area (Å²) in [5, 5.41) is -0.0708. The maximum Gasteiger partial charge on any atom is 0.0810 e. The van der Waals surface area contributed by atoms with Crippen molar-refractivity contribution in [2.75, 3.05) is 0 Å². The number of hydrogen-bond acceptors (Lipinski definition) is 1. The molecule has 0 aliphatic heterocycles. The van der Waals surface area contributed by atoms with Crippen molar-refractivity contribution in [3.05, 3.63) is 53.2 Å². The van der Waals surface area contributed by atoms with E-state index in [0.717, 1.165) is 30.9 Å². The molecule has 0 amide bonds. The van der Waals surface area contributed by atoms with E-state index >= 15 is 0 Å². The van der Waals surface area contributed by atoms with Crippen molar-refractivity contribution in [1.82, 2.24) is 4.98 Å². The molecule has 1 saturated carbocycles. The van der Waals surface area contributed by atoms with Crippen molar-refractivity contribution in [2.24, 2.45) is 5.92 Å². The molecule has 92 valence electrons. The van der Waals surface area contributed by atoms with Gasteiger partial charge in [0.2, 0.25) is 0 Å². The number of rotatable bonds is 1. The fourth-order valence-corrected chi connectivity index (χ4v) is 3.76. The molecule has 1 aromatic heterocycles. The number of benzene rings is 1. The van der Waals surface area contributed by atoms with Gasteiger partial charge in [-0.25, -0.2) is 0 Å². The third-order valence-corrected chi connectivity index (χ3v) is 4.76. The van der Waals surface area contributed by atoms with Gasteiger partial charge in [-0.3, -0.25) is 4.98 Å². The summed E-state index contributed by atoms with van der Waals surface area (Å²) in [6.45, 7) is 2.13. The molecule has 2 radical (unpaired) electrons. The summed E-state index contributed by atoms with van der Waals surface area (Å²) in [5.74, 6) is 0.795. The van der Waals surface area contributed by atoms with Crippen LogP contribution in [0, 0.1) is 12.8 Å². The number of nitrogens with zero attached hydrogens (tertiary/aromatic N) is 1. The largest absolute Gasteiger partial charge is 0.256 e. The average Bonchev–Trinajstić information content (AvgIpc) is 2.38. The van der Waals surface area contributed by atoms with Crippen LogP contribution in [0.3, 0.4) is 0 Å². The summed E-state index contributed by atoms with van der Waals surface area (Å²) in [7, 11) is 6.51. The van der Waals surface area contributed by atoms with Gasteiger partial charge in [-0.05, 0) is 60.2 Å². The Hall–Kier alpha value is -1.57. The van der Waals surface area contributed by atoms with Gasteiger partial charge in [0.05, 0.1) is 13.5 Å². The van der Waals surface area contributed by atoms with Gasteiger partial charge in [0.1, 0.15) is 0 Å². The van der Waals surface area contributed by atoms with Crippen molar-refractivity contribution in [2.45, 2.75) is 31.5 Å². The summed E-state index contributed by atoms with van der Waals surface area (Å²) >= 11 is 0. The standard InChI is InChI=1S/C17H16BN/c1-11-4-2-3-5-14(11)16-7-15-13(10-19-16)6-12-8-17(15,18)9-12/h2-5,7,10,12H,6,8-9H2,1H3. The van der Waals surface area contributed by atoms with Crippen LogP contribution in [-0.2, 0) is 11.7 Å². The lowest BCUT2D eigenvalue weighted by atomic mass is 9.43. The van der Waals surface area contributed by atoms with E-state index in [4.69, 9.17) is 7.85 Å². The molecule has 3 aliphatic carbocycles. The van der Waals surface area contributed by atoms with Crippen LogP contribution in [0.4, 0.5) is 0 Å². The lowest BCUT2D eigenvalue weighted by Gasteiger charge is -2.52. The maximum absolute atomic E-state index is 6.51. The van der Waals surface area contributed by atoms with Gasteiger partial charge in [-0.2, -0.15) is 0 Å². The zero-order valence-corrected chi connectivity index (χ0v) is 11.2. The molecule has 0 saturated heterocycles. The van der Waals surface area contributed by atoms with E-state index in [1.54, 1.807) is 0 Å². The molecule has 5 rings (SSSR count). The first-order valence-corrected chi connectivity index (χ1v) is 7.00. The summed E-state index contributed by atoms with van der Waals surface area (Å²) in [4.78, 5) is 4.65. The Kier molecular flexibility index (Phi) is 2.21. The Balaban J connectivity index is 1.86. The molecule has 0 atom stereocenters. The molecule has 2 aromatic rings. The van der Waals surface area contributed by atoms with Crippen molar-refractivity contribution in [3.8, 4) is 11.3 Å². The molecule has 0 unspecified atom stereocenters. The first-order valence-electron chi connectivity index (χ1n) is 7.00. The van der Waals surface area contributed by atoms with E-state index in [-0.39, 0.29) is 5.31 Å². The predicted molar refractivity (Wildman–Crippen MR) is 78.3 cm³/mol. The molecule has 19 heavy (non-hydrogen) atoms. The first-order chi connectivity index (χ1) is 9.16. The lowest BCUT2D eigenvalue weighted by Crippen LogP contribution is -2.47. The van der Waals surface area contributed by atoms with Crippen LogP contribution in [-0.4, -0.2) is 12.8 Å². The molecule has 0 N–H and O–H groups in total. The van der Waals surface area contributed by atoms with Gasteiger partial charge in [-0.15, -0.1) is 0 Å². The SMILES string of the molecule is [B]C12CC(Cc3cnc(-c4ccccc4C)cc31)C2. The van der Waals surface area contributed by atoms with Gasteiger partial charge in [0, 0.05) is 11.8 Å². The Morgan fingerprint density at radius 2 is 2.05 bits per heavy atom.